The molecule has 0 bridgehead atoms. The maximum absolute atomic E-state index is 14.6. The van der Waals surface area contributed by atoms with Crippen LogP contribution >= 0.6 is 27.5 Å². The molecule has 2 aromatic heterocycles. The molecule has 0 fully saturated rings. The van der Waals surface area contributed by atoms with Gasteiger partial charge in [0.15, 0.2) is 5.75 Å². The quantitative estimate of drug-likeness (QED) is 0.154. The Labute approximate surface area is 224 Å². The van der Waals surface area contributed by atoms with Crippen LogP contribution in [-0.2, 0) is 10.4 Å². The number of ether oxygens (including phenoxy) is 2. The van der Waals surface area contributed by atoms with Gasteiger partial charge < -0.3 is 9.47 Å². The molecule has 18 heteroatoms. The Morgan fingerprint density at radius 3 is 2.13 bits per heavy atom. The molecule has 0 saturated heterocycles. The fraction of sp³-hybridized carbons (Fsp3) is 0.286. The molecule has 0 atom stereocenters. The summed E-state index contributed by atoms with van der Waals surface area (Å²) in [5.41, 5.74) is -9.11. The van der Waals surface area contributed by atoms with E-state index in [1.165, 1.54) is 13.0 Å². The third kappa shape index (κ3) is 6.08. The topological polar surface area (TPSA) is 66.2 Å². The fourth-order valence-electron chi connectivity index (χ4n) is 3.24. The van der Waals surface area contributed by atoms with Gasteiger partial charge in [-0.2, -0.15) is 31.4 Å². The Balaban J connectivity index is 2.20. The normalized spacial score (nSPS) is 12.9. The SMILES string of the molecule is CCOC(=O)c1cc(-c2cnn(-c3c(Br)cc(C(F)(C(F)(F)F)C(F)(F)F)cc3OC(F)(F)F)c2)cnc1Cl. The smallest absolute Gasteiger partial charge is 0.462 e. The zero-order valence-corrected chi connectivity index (χ0v) is 21.1. The minimum absolute atomic E-state index is 0.00358. The van der Waals surface area contributed by atoms with Crippen LogP contribution in [0.3, 0.4) is 0 Å². The maximum atomic E-state index is 14.6. The number of nitrogens with zero attached hydrogens (tertiary/aromatic N) is 3. The van der Waals surface area contributed by atoms with Crippen LogP contribution in [0.5, 0.6) is 5.75 Å². The average molecular weight is 659 g/mol. The summed E-state index contributed by atoms with van der Waals surface area (Å²) < 4.78 is 141. The molecule has 1 aromatic carbocycles. The molecule has 3 aromatic rings. The van der Waals surface area contributed by atoms with Gasteiger partial charge in [-0.05, 0) is 41.1 Å². The molecule has 0 spiro atoms. The monoisotopic (exact) mass is 657 g/mol. The Hall–Kier alpha value is -3.08. The second-order valence-corrected chi connectivity index (χ2v) is 8.68. The summed E-state index contributed by atoms with van der Waals surface area (Å²) in [6.07, 6.45) is -15.7. The van der Waals surface area contributed by atoms with Crippen molar-refractivity contribution in [3.63, 3.8) is 0 Å². The van der Waals surface area contributed by atoms with Gasteiger partial charge in [-0.15, -0.1) is 13.2 Å². The molecule has 0 radical (unpaired) electrons. The van der Waals surface area contributed by atoms with Gasteiger partial charge in [-0.25, -0.2) is 18.9 Å². The van der Waals surface area contributed by atoms with Crippen molar-refractivity contribution >= 4 is 33.5 Å². The molecule has 0 saturated carbocycles. The van der Waals surface area contributed by atoms with Gasteiger partial charge in [-0.3, -0.25) is 0 Å². The second-order valence-electron chi connectivity index (χ2n) is 7.46. The van der Waals surface area contributed by atoms with E-state index in [-0.39, 0.29) is 40.6 Å². The highest BCUT2D eigenvalue weighted by Gasteiger charge is 2.73. The van der Waals surface area contributed by atoms with Crippen LogP contribution in [0.15, 0.2) is 41.3 Å². The van der Waals surface area contributed by atoms with Gasteiger partial charge >= 0.3 is 30.4 Å². The minimum Gasteiger partial charge on any atom is -0.462 e. The molecule has 0 aliphatic carbocycles. The minimum atomic E-state index is -6.60. The predicted octanol–water partition coefficient (Wildman–Crippen LogP) is 7.71. The van der Waals surface area contributed by atoms with Crippen LogP contribution < -0.4 is 4.74 Å². The summed E-state index contributed by atoms with van der Waals surface area (Å²) >= 11 is 8.47. The van der Waals surface area contributed by atoms with E-state index in [1.807, 2.05) is 0 Å². The van der Waals surface area contributed by atoms with E-state index in [4.69, 9.17) is 16.3 Å². The van der Waals surface area contributed by atoms with Gasteiger partial charge in [0, 0.05) is 33.6 Å². The van der Waals surface area contributed by atoms with E-state index >= 15 is 0 Å². The number of benzene rings is 1. The van der Waals surface area contributed by atoms with Crippen LogP contribution in [0.2, 0.25) is 5.15 Å². The summed E-state index contributed by atoms with van der Waals surface area (Å²) in [5, 5.41) is 3.52. The molecule has 39 heavy (non-hydrogen) atoms. The van der Waals surface area contributed by atoms with Crippen molar-refractivity contribution in [3.05, 3.63) is 57.5 Å². The molecule has 0 amide bonds. The summed E-state index contributed by atoms with van der Waals surface area (Å²) in [7, 11) is 0. The molecular weight excluding hydrogens is 648 g/mol. The van der Waals surface area contributed by atoms with E-state index in [1.54, 1.807) is 0 Å². The van der Waals surface area contributed by atoms with E-state index < -0.39 is 51.8 Å². The van der Waals surface area contributed by atoms with Crippen molar-refractivity contribution in [3.8, 4) is 22.6 Å². The largest absolute Gasteiger partial charge is 0.573 e. The molecule has 2 heterocycles. The lowest BCUT2D eigenvalue weighted by Crippen LogP contribution is -2.50. The van der Waals surface area contributed by atoms with E-state index in [0.29, 0.717) is 4.68 Å². The molecule has 6 nitrogen and oxygen atoms in total. The first-order valence-corrected chi connectivity index (χ1v) is 11.3. The molecule has 0 N–H and O–H groups in total. The first-order chi connectivity index (χ1) is 17.8. The Morgan fingerprint density at radius 2 is 1.59 bits per heavy atom. The fourth-order valence-corrected chi connectivity index (χ4v) is 4.04. The lowest BCUT2D eigenvalue weighted by molar-refractivity contribution is -0.348. The summed E-state index contributed by atoms with van der Waals surface area (Å²) in [6.45, 7) is 1.51. The number of halogens is 12. The third-order valence-corrected chi connectivity index (χ3v) is 5.82. The zero-order chi connectivity index (χ0) is 29.6. The Bertz CT molecular complexity index is 1370. The van der Waals surface area contributed by atoms with E-state index in [9.17, 15) is 48.7 Å². The average Bonchev–Trinajstić information content (AvgIpc) is 3.25. The van der Waals surface area contributed by atoms with E-state index in [2.05, 4.69) is 30.7 Å². The van der Waals surface area contributed by atoms with Crippen LogP contribution in [0.1, 0.15) is 22.8 Å². The summed E-state index contributed by atoms with van der Waals surface area (Å²) in [4.78, 5) is 15.9. The summed E-state index contributed by atoms with van der Waals surface area (Å²) in [6, 6.07) is 0.826. The highest BCUT2D eigenvalue weighted by atomic mass is 79.9. The number of carbonyl (C=O) groups excluding carboxylic acids is 1. The first-order valence-electron chi connectivity index (χ1n) is 10.1. The van der Waals surface area contributed by atoms with Crippen molar-refractivity contribution in [1.29, 1.82) is 0 Å². The zero-order valence-electron chi connectivity index (χ0n) is 18.8. The second kappa shape index (κ2) is 10.5. The third-order valence-electron chi connectivity index (χ3n) is 4.91. The molecule has 0 aliphatic rings. The van der Waals surface area contributed by atoms with Gasteiger partial charge in [-0.1, -0.05) is 11.6 Å². The van der Waals surface area contributed by atoms with Gasteiger partial charge in [0.2, 0.25) is 0 Å². The number of aromatic nitrogens is 3. The van der Waals surface area contributed by atoms with Crippen molar-refractivity contribution in [2.45, 2.75) is 31.3 Å². The standard InChI is InChI=1S/C21H11BrClF10N3O3/c1-2-38-17(37)12-3-9(6-34-16(12)23)10-7-35-36(8-10)15-13(22)4-11(5-14(15)39-21(31,32)33)18(24,19(25,26)27)20(28,29)30/h3-8H,2H2,1H3. The van der Waals surface area contributed by atoms with Crippen molar-refractivity contribution in [2.75, 3.05) is 6.61 Å². The first kappa shape index (κ1) is 30.5. The molecular formula is C21H11BrClF10N3O3. The van der Waals surface area contributed by atoms with Crippen LogP contribution in [-0.4, -0.2) is 46.1 Å². The lowest BCUT2D eigenvalue weighted by atomic mass is 9.93. The highest BCUT2D eigenvalue weighted by molar-refractivity contribution is 9.10. The number of carbonyl (C=O) groups is 1. The molecule has 212 valence electrons. The molecule has 0 unspecified atom stereocenters. The molecule has 3 rings (SSSR count). The number of hydrogen-bond acceptors (Lipinski definition) is 5. The summed E-state index contributed by atoms with van der Waals surface area (Å²) in [5.74, 6) is -2.49. The van der Waals surface area contributed by atoms with Gasteiger partial charge in [0.05, 0.1) is 18.4 Å². The van der Waals surface area contributed by atoms with Crippen molar-refractivity contribution in [1.82, 2.24) is 14.8 Å². The van der Waals surface area contributed by atoms with Crippen LogP contribution in [0, 0.1) is 0 Å². The highest BCUT2D eigenvalue weighted by Crippen LogP contribution is 2.55. The van der Waals surface area contributed by atoms with Crippen molar-refractivity contribution in [2.24, 2.45) is 0 Å². The van der Waals surface area contributed by atoms with Crippen LogP contribution in [0.25, 0.3) is 16.8 Å². The number of alkyl halides is 10. The Kier molecular flexibility index (Phi) is 8.18. The predicted molar refractivity (Wildman–Crippen MR) is 117 cm³/mol. The van der Waals surface area contributed by atoms with E-state index in [0.717, 1.165) is 18.6 Å². The number of rotatable bonds is 6. The lowest BCUT2D eigenvalue weighted by Gasteiger charge is -2.31. The van der Waals surface area contributed by atoms with Crippen LogP contribution in [0.4, 0.5) is 43.9 Å². The van der Waals surface area contributed by atoms with Crippen molar-refractivity contribution < 1.29 is 58.2 Å². The van der Waals surface area contributed by atoms with Gasteiger partial charge in [0.25, 0.3) is 0 Å². The number of pyridine rings is 1. The molecule has 0 aliphatic heterocycles. The Morgan fingerprint density at radius 1 is 0.974 bits per heavy atom. The number of esters is 1. The van der Waals surface area contributed by atoms with Gasteiger partial charge in [0.1, 0.15) is 10.8 Å². The number of hydrogen-bond donors (Lipinski definition) is 0. The maximum Gasteiger partial charge on any atom is 0.573 e.